The van der Waals surface area contributed by atoms with Crippen molar-refractivity contribution < 1.29 is 9.32 Å². The van der Waals surface area contributed by atoms with E-state index in [0.29, 0.717) is 25.5 Å². The molecule has 0 bridgehead atoms. The highest BCUT2D eigenvalue weighted by molar-refractivity contribution is 5.75. The molecule has 2 heterocycles. The zero-order chi connectivity index (χ0) is 8.39. The van der Waals surface area contributed by atoms with Crippen LogP contribution in [0.25, 0.3) is 0 Å². The molecule has 1 aromatic heterocycles. The maximum Gasteiger partial charge on any atom is 0.317 e. The predicted octanol–water partition coefficient (Wildman–Crippen LogP) is -0.405. The Labute approximate surface area is 68.5 Å². The maximum absolute atomic E-state index is 11.0. The fourth-order valence-corrected chi connectivity index (χ4v) is 1.09. The van der Waals surface area contributed by atoms with Gasteiger partial charge in [0.05, 0.1) is 6.54 Å². The minimum absolute atomic E-state index is 0.0696. The van der Waals surface area contributed by atoms with Crippen molar-refractivity contribution in [3.8, 4) is 0 Å². The molecule has 1 aliphatic heterocycles. The number of rotatable bonds is 2. The zero-order valence-corrected chi connectivity index (χ0v) is 6.36. The number of urea groups is 1. The number of nitrogens with zero attached hydrogens (tertiary/aromatic N) is 3. The fraction of sp³-hybridized carbons (Fsp3) is 0.500. The molecule has 2 amide bonds. The van der Waals surface area contributed by atoms with Gasteiger partial charge in [-0.1, -0.05) is 5.16 Å². The van der Waals surface area contributed by atoms with Crippen molar-refractivity contribution in [2.45, 2.75) is 6.54 Å². The number of hydrogen-bond donors (Lipinski definition) is 1. The van der Waals surface area contributed by atoms with Gasteiger partial charge in [-0.3, -0.25) is 0 Å². The molecule has 0 unspecified atom stereocenters. The SMILES string of the molecule is O=C1NCCN1Cc1ncon1. The first-order chi connectivity index (χ1) is 5.86. The van der Waals surface area contributed by atoms with Crippen molar-refractivity contribution in [1.82, 2.24) is 20.4 Å². The summed E-state index contributed by atoms with van der Waals surface area (Å²) in [7, 11) is 0. The van der Waals surface area contributed by atoms with Crippen molar-refractivity contribution in [2.24, 2.45) is 0 Å². The second-order valence-corrected chi connectivity index (χ2v) is 2.50. The molecule has 6 nitrogen and oxygen atoms in total. The van der Waals surface area contributed by atoms with Gasteiger partial charge in [0.25, 0.3) is 0 Å². The Morgan fingerprint density at radius 1 is 1.75 bits per heavy atom. The number of amides is 2. The van der Waals surface area contributed by atoms with E-state index in [1.54, 1.807) is 4.90 Å². The van der Waals surface area contributed by atoms with E-state index in [0.717, 1.165) is 0 Å². The van der Waals surface area contributed by atoms with Crippen LogP contribution in [0.15, 0.2) is 10.9 Å². The first-order valence-electron chi connectivity index (χ1n) is 3.64. The third-order valence-corrected chi connectivity index (χ3v) is 1.68. The Morgan fingerprint density at radius 2 is 2.67 bits per heavy atom. The van der Waals surface area contributed by atoms with Crippen LogP contribution in [-0.2, 0) is 6.54 Å². The number of carbonyl (C=O) groups is 1. The van der Waals surface area contributed by atoms with E-state index in [9.17, 15) is 4.79 Å². The lowest BCUT2D eigenvalue weighted by atomic mass is 10.5. The van der Waals surface area contributed by atoms with Gasteiger partial charge in [-0.05, 0) is 0 Å². The molecule has 0 spiro atoms. The highest BCUT2D eigenvalue weighted by Gasteiger charge is 2.20. The van der Waals surface area contributed by atoms with Crippen molar-refractivity contribution in [3.05, 3.63) is 12.2 Å². The summed E-state index contributed by atoms with van der Waals surface area (Å²) in [5, 5.41) is 6.29. The fourth-order valence-electron chi connectivity index (χ4n) is 1.09. The van der Waals surface area contributed by atoms with Crippen LogP contribution in [0.2, 0.25) is 0 Å². The highest BCUT2D eigenvalue weighted by Crippen LogP contribution is 2.01. The van der Waals surface area contributed by atoms with Crippen molar-refractivity contribution in [3.63, 3.8) is 0 Å². The number of hydrogen-bond acceptors (Lipinski definition) is 4. The molecular formula is C6H8N4O2. The molecule has 0 aliphatic carbocycles. The van der Waals surface area contributed by atoms with Gasteiger partial charge in [0.15, 0.2) is 5.82 Å². The summed E-state index contributed by atoms with van der Waals surface area (Å²) in [6, 6.07) is -0.0696. The van der Waals surface area contributed by atoms with Crippen LogP contribution in [0.3, 0.4) is 0 Å². The van der Waals surface area contributed by atoms with Gasteiger partial charge in [0, 0.05) is 13.1 Å². The monoisotopic (exact) mass is 168 g/mol. The van der Waals surface area contributed by atoms with E-state index in [-0.39, 0.29) is 6.03 Å². The van der Waals surface area contributed by atoms with Crippen molar-refractivity contribution >= 4 is 6.03 Å². The predicted molar refractivity (Wildman–Crippen MR) is 38.1 cm³/mol. The largest absolute Gasteiger partial charge is 0.343 e. The van der Waals surface area contributed by atoms with E-state index in [4.69, 9.17) is 0 Å². The lowest BCUT2D eigenvalue weighted by Gasteiger charge is -2.09. The van der Waals surface area contributed by atoms with Gasteiger partial charge < -0.3 is 14.7 Å². The maximum atomic E-state index is 11.0. The molecule has 0 aromatic carbocycles. The molecule has 6 heteroatoms. The summed E-state index contributed by atoms with van der Waals surface area (Å²) in [6.45, 7) is 1.81. The average molecular weight is 168 g/mol. The van der Waals surface area contributed by atoms with Crippen LogP contribution in [0, 0.1) is 0 Å². The van der Waals surface area contributed by atoms with Crippen LogP contribution in [-0.4, -0.2) is 34.2 Å². The molecule has 1 aromatic rings. The van der Waals surface area contributed by atoms with Gasteiger partial charge in [-0.2, -0.15) is 4.98 Å². The summed E-state index contributed by atoms with van der Waals surface area (Å²) >= 11 is 0. The van der Waals surface area contributed by atoms with Crippen LogP contribution in [0.5, 0.6) is 0 Å². The Hall–Kier alpha value is -1.59. The average Bonchev–Trinajstić information content (AvgIpc) is 2.65. The Balaban J connectivity index is 1.99. The quantitative estimate of drug-likeness (QED) is 0.651. The molecule has 0 radical (unpaired) electrons. The summed E-state index contributed by atoms with van der Waals surface area (Å²) < 4.78 is 4.54. The van der Waals surface area contributed by atoms with Crippen molar-refractivity contribution in [2.75, 3.05) is 13.1 Å². The normalized spacial score (nSPS) is 16.7. The van der Waals surface area contributed by atoms with E-state index < -0.39 is 0 Å². The number of nitrogens with one attached hydrogen (secondary N) is 1. The van der Waals surface area contributed by atoms with E-state index in [1.165, 1.54) is 6.39 Å². The Morgan fingerprint density at radius 3 is 3.25 bits per heavy atom. The van der Waals surface area contributed by atoms with Gasteiger partial charge in [-0.15, -0.1) is 0 Å². The Kier molecular flexibility index (Phi) is 1.65. The van der Waals surface area contributed by atoms with Gasteiger partial charge in [0.1, 0.15) is 0 Å². The summed E-state index contributed by atoms with van der Waals surface area (Å²) in [5.74, 6) is 0.534. The summed E-state index contributed by atoms with van der Waals surface area (Å²) in [6.07, 6.45) is 1.25. The minimum atomic E-state index is -0.0696. The summed E-state index contributed by atoms with van der Waals surface area (Å²) in [5.41, 5.74) is 0. The lowest BCUT2D eigenvalue weighted by molar-refractivity contribution is 0.213. The minimum Gasteiger partial charge on any atom is -0.343 e. The van der Waals surface area contributed by atoms with Gasteiger partial charge in [-0.25, -0.2) is 4.79 Å². The van der Waals surface area contributed by atoms with Crippen LogP contribution in [0.4, 0.5) is 4.79 Å². The van der Waals surface area contributed by atoms with Crippen LogP contribution < -0.4 is 5.32 Å². The van der Waals surface area contributed by atoms with Crippen LogP contribution in [0.1, 0.15) is 5.82 Å². The first kappa shape index (κ1) is 7.08. The molecule has 64 valence electrons. The lowest BCUT2D eigenvalue weighted by Crippen LogP contribution is -2.27. The van der Waals surface area contributed by atoms with Gasteiger partial charge >= 0.3 is 6.03 Å². The number of aromatic nitrogens is 2. The molecule has 0 atom stereocenters. The molecule has 0 saturated carbocycles. The molecular weight excluding hydrogens is 160 g/mol. The second-order valence-electron chi connectivity index (χ2n) is 2.50. The highest BCUT2D eigenvalue weighted by atomic mass is 16.5. The molecule has 1 N–H and O–H groups in total. The van der Waals surface area contributed by atoms with E-state index in [2.05, 4.69) is 20.0 Å². The Bertz CT molecular complexity index is 271. The van der Waals surface area contributed by atoms with Gasteiger partial charge in [0.2, 0.25) is 6.39 Å². The molecule has 1 fully saturated rings. The van der Waals surface area contributed by atoms with Crippen LogP contribution >= 0.6 is 0 Å². The third kappa shape index (κ3) is 1.23. The van der Waals surface area contributed by atoms with E-state index in [1.807, 2.05) is 0 Å². The number of carbonyl (C=O) groups excluding carboxylic acids is 1. The first-order valence-corrected chi connectivity index (χ1v) is 3.64. The topological polar surface area (TPSA) is 71.3 Å². The third-order valence-electron chi connectivity index (χ3n) is 1.68. The molecule has 2 rings (SSSR count). The zero-order valence-electron chi connectivity index (χ0n) is 6.36. The van der Waals surface area contributed by atoms with Crippen molar-refractivity contribution in [1.29, 1.82) is 0 Å². The van der Waals surface area contributed by atoms with E-state index >= 15 is 0 Å². The summed E-state index contributed by atoms with van der Waals surface area (Å²) in [4.78, 5) is 16.5. The molecule has 1 saturated heterocycles. The smallest absolute Gasteiger partial charge is 0.317 e. The standard InChI is InChI=1S/C6H8N4O2/c11-6-7-1-2-10(6)3-5-8-4-12-9-5/h4H,1-3H2,(H,7,11). The molecule has 12 heavy (non-hydrogen) atoms. The second kappa shape index (κ2) is 2.80. The molecule has 1 aliphatic rings.